The van der Waals surface area contributed by atoms with Crippen LogP contribution in [0.25, 0.3) is 10.9 Å². The van der Waals surface area contributed by atoms with Crippen LogP contribution in [0.5, 0.6) is 5.75 Å². The molecule has 1 unspecified atom stereocenters. The van der Waals surface area contributed by atoms with Gasteiger partial charge in [-0.1, -0.05) is 54.1 Å². The summed E-state index contributed by atoms with van der Waals surface area (Å²) in [6.07, 6.45) is 3.29. The normalized spacial score (nSPS) is 11.8. The number of ether oxygens (including phenoxy) is 1. The molecular weight excluding hydrogens is 470 g/mol. The summed E-state index contributed by atoms with van der Waals surface area (Å²) in [6.45, 7) is 0.895. The molecule has 0 fully saturated rings. The van der Waals surface area contributed by atoms with Gasteiger partial charge in [-0.25, -0.2) is 4.98 Å². The van der Waals surface area contributed by atoms with Crippen LogP contribution in [0, 0.1) is 0 Å². The van der Waals surface area contributed by atoms with Crippen LogP contribution in [-0.2, 0) is 19.6 Å². The predicted molar refractivity (Wildman–Crippen MR) is 144 cm³/mol. The Labute approximate surface area is 215 Å². The third-order valence-electron chi connectivity index (χ3n) is 5.98. The van der Waals surface area contributed by atoms with Crippen LogP contribution in [0.2, 0.25) is 5.02 Å². The fourth-order valence-corrected chi connectivity index (χ4v) is 4.20. The van der Waals surface area contributed by atoms with Gasteiger partial charge in [0.05, 0.1) is 11.2 Å². The Hall–Kier alpha value is -3.93. The number of fused-ring (bicyclic) bond motifs is 1. The molecule has 1 atom stereocenters. The van der Waals surface area contributed by atoms with E-state index in [-0.39, 0.29) is 0 Å². The van der Waals surface area contributed by atoms with Crippen molar-refractivity contribution in [3.05, 3.63) is 131 Å². The lowest BCUT2D eigenvalue weighted by molar-refractivity contribution is 0.167. The summed E-state index contributed by atoms with van der Waals surface area (Å²) in [4.78, 5) is 10.9. The minimum Gasteiger partial charge on any atom is -0.487 e. The zero-order chi connectivity index (χ0) is 24.7. The van der Waals surface area contributed by atoms with Crippen LogP contribution in [0.4, 0.5) is 5.69 Å². The van der Waals surface area contributed by atoms with E-state index in [0.717, 1.165) is 39.2 Å². The van der Waals surface area contributed by atoms with Crippen molar-refractivity contribution in [2.75, 3.05) is 4.90 Å². The van der Waals surface area contributed by atoms with E-state index < -0.39 is 6.23 Å². The number of aromatic nitrogens is 2. The number of rotatable bonds is 9. The molecule has 0 bridgehead atoms. The first-order valence-corrected chi connectivity index (χ1v) is 12.2. The van der Waals surface area contributed by atoms with Crippen LogP contribution in [0.15, 0.2) is 109 Å². The maximum Gasteiger partial charge on any atom is 0.131 e. The second kappa shape index (κ2) is 11.2. The predicted octanol–water partition coefficient (Wildman–Crippen LogP) is 6.43. The second-order valence-electron chi connectivity index (χ2n) is 8.58. The molecule has 1 N–H and O–H groups in total. The minimum absolute atomic E-state index is 0.378. The average Bonchev–Trinajstić information content (AvgIpc) is 2.92. The van der Waals surface area contributed by atoms with Gasteiger partial charge in [-0.05, 0) is 65.7 Å². The molecule has 0 aliphatic carbocycles. The number of hydrogen-bond donors (Lipinski definition) is 1. The third kappa shape index (κ3) is 6.00. The Morgan fingerprint density at radius 3 is 2.42 bits per heavy atom. The molecule has 0 amide bonds. The van der Waals surface area contributed by atoms with Gasteiger partial charge in [0.25, 0.3) is 0 Å². The molecule has 3 aromatic carbocycles. The Morgan fingerprint density at radius 1 is 0.833 bits per heavy atom. The molecule has 0 saturated carbocycles. The number of anilines is 1. The zero-order valence-corrected chi connectivity index (χ0v) is 20.4. The SMILES string of the molecule is OC(Cc1ccc(Cl)cc1)N(Cc1cccnc1)c1ccc(OCc2ccc3ccccc3n2)cc1. The van der Waals surface area contributed by atoms with Crippen LogP contribution >= 0.6 is 11.6 Å². The molecule has 0 saturated heterocycles. The zero-order valence-electron chi connectivity index (χ0n) is 19.7. The van der Waals surface area contributed by atoms with Gasteiger partial charge in [0.15, 0.2) is 0 Å². The maximum atomic E-state index is 11.2. The van der Waals surface area contributed by atoms with Crippen molar-refractivity contribution in [3.8, 4) is 5.75 Å². The third-order valence-corrected chi connectivity index (χ3v) is 6.23. The summed E-state index contributed by atoms with van der Waals surface area (Å²) in [7, 11) is 0. The van der Waals surface area contributed by atoms with E-state index in [1.165, 1.54) is 0 Å². The highest BCUT2D eigenvalue weighted by molar-refractivity contribution is 6.30. The van der Waals surface area contributed by atoms with E-state index in [9.17, 15) is 5.11 Å². The van der Waals surface area contributed by atoms with Crippen molar-refractivity contribution >= 4 is 28.2 Å². The minimum atomic E-state index is -0.736. The number of hydrogen-bond acceptors (Lipinski definition) is 5. The Morgan fingerprint density at radius 2 is 1.64 bits per heavy atom. The first kappa shape index (κ1) is 23.8. The highest BCUT2D eigenvalue weighted by Gasteiger charge is 2.18. The number of para-hydroxylation sites is 1. The maximum absolute atomic E-state index is 11.2. The number of aliphatic hydroxyl groups is 1. The van der Waals surface area contributed by atoms with Crippen LogP contribution in [-0.4, -0.2) is 21.3 Å². The van der Waals surface area contributed by atoms with Gasteiger partial charge in [-0.3, -0.25) is 4.98 Å². The first-order chi connectivity index (χ1) is 17.6. The number of benzene rings is 3. The molecular formula is C30H26ClN3O2. The summed E-state index contributed by atoms with van der Waals surface area (Å²) in [5, 5.41) is 13.0. The molecule has 0 aliphatic heterocycles. The van der Waals surface area contributed by atoms with Crippen molar-refractivity contribution in [2.45, 2.75) is 25.8 Å². The van der Waals surface area contributed by atoms with E-state index in [1.807, 2.05) is 102 Å². The molecule has 180 valence electrons. The van der Waals surface area contributed by atoms with Gasteiger partial charge in [0, 0.05) is 41.5 Å². The Kier molecular flexibility index (Phi) is 7.41. The summed E-state index contributed by atoms with van der Waals surface area (Å²) in [5.74, 6) is 0.738. The molecule has 5 rings (SSSR count). The van der Waals surface area contributed by atoms with Crippen LogP contribution < -0.4 is 9.64 Å². The topological polar surface area (TPSA) is 58.5 Å². The standard InChI is InChI=1S/C30H26ClN3O2/c31-25-10-7-22(8-11-25)18-30(35)34(20-23-4-3-17-32-19-23)27-13-15-28(16-14-27)36-21-26-12-9-24-5-1-2-6-29(24)33-26/h1-17,19,30,35H,18,20-21H2. The summed E-state index contributed by atoms with van der Waals surface area (Å²) < 4.78 is 6.00. The van der Waals surface area contributed by atoms with Gasteiger partial charge >= 0.3 is 0 Å². The summed E-state index contributed by atoms with van der Waals surface area (Å²) in [5.41, 5.74) is 4.72. The van der Waals surface area contributed by atoms with Gasteiger partial charge in [-0.15, -0.1) is 0 Å². The van der Waals surface area contributed by atoms with Gasteiger partial charge in [-0.2, -0.15) is 0 Å². The van der Waals surface area contributed by atoms with E-state index in [0.29, 0.717) is 24.6 Å². The molecule has 5 nitrogen and oxygen atoms in total. The largest absolute Gasteiger partial charge is 0.487 e. The number of aliphatic hydroxyl groups excluding tert-OH is 1. The molecule has 0 spiro atoms. The van der Waals surface area contributed by atoms with E-state index in [4.69, 9.17) is 16.3 Å². The second-order valence-corrected chi connectivity index (χ2v) is 9.01. The lowest BCUT2D eigenvalue weighted by atomic mass is 10.1. The monoisotopic (exact) mass is 495 g/mol. The molecule has 5 aromatic rings. The number of pyridine rings is 2. The number of halogens is 1. The smallest absolute Gasteiger partial charge is 0.131 e. The van der Waals surface area contributed by atoms with Gasteiger partial charge in [0.1, 0.15) is 18.6 Å². The van der Waals surface area contributed by atoms with Gasteiger partial charge in [0.2, 0.25) is 0 Å². The van der Waals surface area contributed by atoms with E-state index in [2.05, 4.69) is 16.0 Å². The molecule has 6 heteroatoms. The Balaban J connectivity index is 1.30. The number of nitrogens with zero attached hydrogens (tertiary/aromatic N) is 3. The highest BCUT2D eigenvalue weighted by Crippen LogP contribution is 2.25. The fourth-order valence-electron chi connectivity index (χ4n) is 4.08. The van der Waals surface area contributed by atoms with Crippen molar-refractivity contribution in [2.24, 2.45) is 0 Å². The molecule has 2 aromatic heterocycles. The highest BCUT2D eigenvalue weighted by atomic mass is 35.5. The van der Waals surface area contributed by atoms with E-state index in [1.54, 1.807) is 6.20 Å². The van der Waals surface area contributed by atoms with Crippen molar-refractivity contribution in [1.82, 2.24) is 9.97 Å². The lowest BCUT2D eigenvalue weighted by Crippen LogP contribution is -2.36. The molecule has 36 heavy (non-hydrogen) atoms. The molecule has 0 aliphatic rings. The molecule has 2 heterocycles. The van der Waals surface area contributed by atoms with E-state index >= 15 is 0 Å². The lowest BCUT2D eigenvalue weighted by Gasteiger charge is -2.30. The molecule has 0 radical (unpaired) electrons. The van der Waals surface area contributed by atoms with Crippen LogP contribution in [0.1, 0.15) is 16.8 Å². The van der Waals surface area contributed by atoms with Crippen molar-refractivity contribution in [1.29, 1.82) is 0 Å². The average molecular weight is 496 g/mol. The first-order valence-electron chi connectivity index (χ1n) is 11.8. The van der Waals surface area contributed by atoms with Crippen molar-refractivity contribution < 1.29 is 9.84 Å². The Bertz CT molecular complexity index is 1410. The summed E-state index contributed by atoms with van der Waals surface area (Å²) >= 11 is 6.02. The quantitative estimate of drug-likeness (QED) is 0.239. The summed E-state index contributed by atoms with van der Waals surface area (Å²) in [6, 6.07) is 31.3. The van der Waals surface area contributed by atoms with Gasteiger partial charge < -0.3 is 14.7 Å². The van der Waals surface area contributed by atoms with Crippen molar-refractivity contribution in [3.63, 3.8) is 0 Å². The fraction of sp³-hybridized carbons (Fsp3) is 0.133. The van der Waals surface area contributed by atoms with Crippen LogP contribution in [0.3, 0.4) is 0 Å².